The van der Waals surface area contributed by atoms with Gasteiger partial charge in [-0.1, -0.05) is 46.9 Å². The molecular weight excluding hydrogens is 464 g/mol. The van der Waals surface area contributed by atoms with Crippen LogP contribution >= 0.6 is 46.1 Å². The van der Waals surface area contributed by atoms with Crippen molar-refractivity contribution in [3.8, 4) is 16.9 Å². The Balaban J connectivity index is 2.04. The van der Waals surface area contributed by atoms with Crippen LogP contribution in [-0.2, 0) is 0 Å². The van der Waals surface area contributed by atoms with Crippen LogP contribution in [0.5, 0.6) is 5.75 Å². The second-order valence-corrected chi connectivity index (χ2v) is 7.76. The molecule has 29 heavy (non-hydrogen) atoms. The second kappa shape index (κ2) is 8.59. The maximum atomic E-state index is 13.6. The van der Waals surface area contributed by atoms with E-state index in [-0.39, 0.29) is 42.5 Å². The average molecular weight is 475 g/mol. The molecule has 2 N–H and O–H groups in total. The molecule has 10 heteroatoms. The molecule has 0 unspecified atom stereocenters. The molecule has 0 spiro atoms. The number of aromatic carboxylic acids is 1. The first kappa shape index (κ1) is 21.4. The van der Waals surface area contributed by atoms with Crippen LogP contribution in [0.15, 0.2) is 35.7 Å². The van der Waals surface area contributed by atoms with E-state index in [1.807, 2.05) is 0 Å². The number of halogens is 4. The molecule has 1 amide bonds. The maximum absolute atomic E-state index is 13.6. The highest BCUT2D eigenvalue weighted by Crippen LogP contribution is 2.41. The Morgan fingerprint density at radius 2 is 1.86 bits per heavy atom. The lowest BCUT2D eigenvalue weighted by Gasteiger charge is -2.13. The zero-order valence-corrected chi connectivity index (χ0v) is 17.6. The Labute approximate surface area is 183 Å². The minimum absolute atomic E-state index is 0.0305. The highest BCUT2D eigenvalue weighted by atomic mass is 35.5. The van der Waals surface area contributed by atoms with E-state index in [4.69, 9.17) is 39.5 Å². The summed E-state index contributed by atoms with van der Waals surface area (Å²) in [5.74, 6) is -2.48. The Morgan fingerprint density at radius 3 is 2.48 bits per heavy atom. The first-order chi connectivity index (χ1) is 13.7. The summed E-state index contributed by atoms with van der Waals surface area (Å²) in [5, 5.41) is 13.7. The summed E-state index contributed by atoms with van der Waals surface area (Å²) in [4.78, 5) is 24.6. The minimum atomic E-state index is -1.29. The van der Waals surface area contributed by atoms with Crippen molar-refractivity contribution in [1.82, 2.24) is 0 Å². The van der Waals surface area contributed by atoms with Crippen molar-refractivity contribution in [2.75, 3.05) is 12.4 Å². The van der Waals surface area contributed by atoms with Crippen LogP contribution in [0, 0.1) is 5.82 Å². The highest BCUT2D eigenvalue weighted by molar-refractivity contribution is 7.15. The number of hydrogen-bond acceptors (Lipinski definition) is 4. The lowest BCUT2D eigenvalue weighted by atomic mass is 10.0. The minimum Gasteiger partial charge on any atom is -0.494 e. The van der Waals surface area contributed by atoms with Gasteiger partial charge in [0.15, 0.2) is 5.75 Å². The fourth-order valence-corrected chi connectivity index (χ4v) is 4.71. The number of hydrogen-bond donors (Lipinski definition) is 2. The van der Waals surface area contributed by atoms with Gasteiger partial charge >= 0.3 is 5.97 Å². The lowest BCUT2D eigenvalue weighted by molar-refractivity contribution is 0.0699. The van der Waals surface area contributed by atoms with Gasteiger partial charge in [0.1, 0.15) is 16.4 Å². The average Bonchev–Trinajstić information content (AvgIpc) is 3.05. The molecule has 3 aromatic rings. The summed E-state index contributed by atoms with van der Waals surface area (Å²) in [6, 6.07) is 6.79. The number of benzene rings is 2. The van der Waals surface area contributed by atoms with Gasteiger partial charge in [0, 0.05) is 10.9 Å². The number of carbonyl (C=O) groups is 2. The van der Waals surface area contributed by atoms with Gasteiger partial charge in [-0.2, -0.15) is 0 Å². The van der Waals surface area contributed by atoms with Crippen molar-refractivity contribution in [3.63, 3.8) is 0 Å². The third-order valence-electron chi connectivity index (χ3n) is 3.93. The monoisotopic (exact) mass is 473 g/mol. The summed E-state index contributed by atoms with van der Waals surface area (Å²) in [6.45, 7) is 0. The predicted octanol–water partition coefficient (Wildman–Crippen LogP) is 6.47. The van der Waals surface area contributed by atoms with E-state index in [0.717, 1.165) is 11.3 Å². The summed E-state index contributed by atoms with van der Waals surface area (Å²) in [7, 11) is 1.33. The molecule has 2 aromatic carbocycles. The molecule has 0 bridgehead atoms. The lowest BCUT2D eigenvalue weighted by Crippen LogP contribution is -2.15. The third kappa shape index (κ3) is 4.18. The predicted molar refractivity (Wildman–Crippen MR) is 113 cm³/mol. The molecule has 0 radical (unpaired) electrons. The number of rotatable bonds is 5. The number of carboxylic acid groups (broad SMARTS) is 1. The van der Waals surface area contributed by atoms with E-state index in [1.165, 1.54) is 36.8 Å². The van der Waals surface area contributed by atoms with Gasteiger partial charge < -0.3 is 15.2 Å². The van der Waals surface area contributed by atoms with Gasteiger partial charge in [0.2, 0.25) is 0 Å². The van der Waals surface area contributed by atoms with Crippen LogP contribution in [0.1, 0.15) is 20.7 Å². The fraction of sp³-hybridized carbons (Fsp3) is 0.0526. The summed E-state index contributed by atoms with van der Waals surface area (Å²) in [6.07, 6.45) is 0. The first-order valence-electron chi connectivity index (χ1n) is 7.88. The Hall–Kier alpha value is -2.32. The summed E-state index contributed by atoms with van der Waals surface area (Å²) in [5.41, 5.74) is 0.334. The Bertz CT molecular complexity index is 1130. The molecule has 1 aromatic heterocycles. The Morgan fingerprint density at radius 1 is 1.14 bits per heavy atom. The number of methoxy groups -OCH3 is 1. The zero-order valence-electron chi connectivity index (χ0n) is 14.6. The topological polar surface area (TPSA) is 75.6 Å². The van der Waals surface area contributed by atoms with Gasteiger partial charge in [-0.3, -0.25) is 4.79 Å². The number of carbonyl (C=O) groups excluding carboxylic acids is 1. The van der Waals surface area contributed by atoms with Gasteiger partial charge in [0.05, 0.1) is 27.7 Å². The molecule has 0 saturated heterocycles. The second-order valence-electron chi connectivity index (χ2n) is 5.69. The first-order valence-corrected chi connectivity index (χ1v) is 9.89. The number of ether oxygens (including phenoxy) is 1. The van der Waals surface area contributed by atoms with Crippen molar-refractivity contribution >= 4 is 63.0 Å². The van der Waals surface area contributed by atoms with E-state index in [1.54, 1.807) is 6.07 Å². The van der Waals surface area contributed by atoms with Crippen molar-refractivity contribution in [3.05, 3.63) is 67.7 Å². The summed E-state index contributed by atoms with van der Waals surface area (Å²) < 4.78 is 18.6. The van der Waals surface area contributed by atoms with Gasteiger partial charge in [-0.15, -0.1) is 11.3 Å². The molecule has 3 rings (SSSR count). The number of anilines is 1. The highest BCUT2D eigenvalue weighted by Gasteiger charge is 2.25. The SMILES string of the molecule is COc1c(Cl)cc(Cl)c(C(=O)Nc2scc(-c3cccc(F)c3)c2C(=O)O)c1Cl. The fourth-order valence-electron chi connectivity index (χ4n) is 2.66. The molecule has 5 nitrogen and oxygen atoms in total. The van der Waals surface area contributed by atoms with E-state index < -0.39 is 17.7 Å². The normalized spacial score (nSPS) is 10.7. The Kier molecular flexibility index (Phi) is 6.33. The molecule has 0 saturated carbocycles. The third-order valence-corrected chi connectivity index (χ3v) is 5.76. The molecule has 0 aliphatic rings. The smallest absolute Gasteiger partial charge is 0.339 e. The molecular formula is C19H11Cl3FNO4S. The number of carboxylic acids is 1. The van der Waals surface area contributed by atoms with Crippen LogP contribution in [0.4, 0.5) is 9.39 Å². The quantitative estimate of drug-likeness (QED) is 0.444. The van der Waals surface area contributed by atoms with E-state index in [9.17, 15) is 19.1 Å². The molecule has 0 aliphatic heterocycles. The van der Waals surface area contributed by atoms with E-state index in [0.29, 0.717) is 5.56 Å². The molecule has 1 heterocycles. The molecule has 0 atom stereocenters. The largest absolute Gasteiger partial charge is 0.494 e. The standard InChI is InChI=1S/C19H11Cl3FNO4S/c1-28-16-12(21)6-11(20)14(15(16)22)17(25)24-18-13(19(26)27)10(7-29-18)8-3-2-4-9(23)5-8/h2-7H,1H3,(H,24,25)(H,26,27). The van der Waals surface area contributed by atoms with Crippen molar-refractivity contribution in [2.24, 2.45) is 0 Å². The number of amides is 1. The van der Waals surface area contributed by atoms with E-state index >= 15 is 0 Å². The van der Waals surface area contributed by atoms with Crippen molar-refractivity contribution in [1.29, 1.82) is 0 Å². The van der Waals surface area contributed by atoms with Gasteiger partial charge in [-0.05, 0) is 23.8 Å². The van der Waals surface area contributed by atoms with Crippen LogP contribution in [0.2, 0.25) is 15.1 Å². The van der Waals surface area contributed by atoms with Gasteiger partial charge in [0.25, 0.3) is 5.91 Å². The molecule has 150 valence electrons. The zero-order chi connectivity index (χ0) is 21.3. The van der Waals surface area contributed by atoms with Crippen LogP contribution in [0.3, 0.4) is 0 Å². The number of thiophene rings is 1. The summed E-state index contributed by atoms with van der Waals surface area (Å²) >= 11 is 19.3. The van der Waals surface area contributed by atoms with Crippen LogP contribution in [-0.4, -0.2) is 24.1 Å². The number of nitrogens with one attached hydrogen (secondary N) is 1. The van der Waals surface area contributed by atoms with Crippen molar-refractivity contribution < 1.29 is 23.8 Å². The van der Waals surface area contributed by atoms with Gasteiger partial charge in [-0.25, -0.2) is 9.18 Å². The molecule has 0 fully saturated rings. The molecule has 0 aliphatic carbocycles. The maximum Gasteiger partial charge on any atom is 0.339 e. The van der Waals surface area contributed by atoms with Crippen LogP contribution in [0.25, 0.3) is 11.1 Å². The van der Waals surface area contributed by atoms with Crippen LogP contribution < -0.4 is 10.1 Å². The van der Waals surface area contributed by atoms with E-state index in [2.05, 4.69) is 5.32 Å². The van der Waals surface area contributed by atoms with Crippen molar-refractivity contribution in [2.45, 2.75) is 0 Å².